The number of thiazole rings is 1. The molecule has 4 rings (SSSR count). The minimum Gasteiger partial charge on any atom is -0.463 e. The Labute approximate surface area is 148 Å². The summed E-state index contributed by atoms with van der Waals surface area (Å²) in [5.41, 5.74) is 2.45. The molecule has 25 heavy (non-hydrogen) atoms. The van der Waals surface area contributed by atoms with Gasteiger partial charge in [-0.3, -0.25) is 10.1 Å². The molecule has 124 valence electrons. The molecule has 0 fully saturated rings. The van der Waals surface area contributed by atoms with E-state index < -0.39 is 0 Å². The Balaban J connectivity index is 1.50. The number of carbonyl (C=O) groups is 1. The molecule has 5 nitrogen and oxygen atoms in total. The molecule has 1 amide bonds. The van der Waals surface area contributed by atoms with Crippen LogP contribution in [0.25, 0.3) is 11.5 Å². The number of rotatable bonds is 5. The second-order valence-corrected chi connectivity index (χ2v) is 6.33. The van der Waals surface area contributed by atoms with Crippen molar-refractivity contribution < 1.29 is 9.21 Å². The predicted octanol–water partition coefficient (Wildman–Crippen LogP) is 4.51. The second kappa shape index (κ2) is 6.78. The van der Waals surface area contributed by atoms with Gasteiger partial charge in [-0.2, -0.15) is 0 Å². The lowest BCUT2D eigenvalue weighted by Crippen LogP contribution is -2.17. The number of carbonyl (C=O) groups excluding carboxylic acids is 1. The Morgan fingerprint density at radius 1 is 1.12 bits per heavy atom. The zero-order valence-corrected chi connectivity index (χ0v) is 14.1. The SMILES string of the molecule is O=C(Nc1nc(-c2ccco2)cs1)c1cccn1Cc1ccccc1. The molecule has 0 radical (unpaired) electrons. The summed E-state index contributed by atoms with van der Waals surface area (Å²) in [5, 5.41) is 5.26. The molecule has 1 aromatic carbocycles. The van der Waals surface area contributed by atoms with Gasteiger partial charge in [0.15, 0.2) is 10.9 Å². The van der Waals surface area contributed by atoms with Gasteiger partial charge in [0.25, 0.3) is 5.91 Å². The van der Waals surface area contributed by atoms with Crippen LogP contribution in [0.3, 0.4) is 0 Å². The molecule has 0 aliphatic heterocycles. The van der Waals surface area contributed by atoms with Gasteiger partial charge in [0, 0.05) is 18.1 Å². The fraction of sp³-hybridized carbons (Fsp3) is 0.0526. The van der Waals surface area contributed by atoms with Crippen molar-refractivity contribution in [3.63, 3.8) is 0 Å². The molecule has 3 heterocycles. The summed E-state index contributed by atoms with van der Waals surface area (Å²) in [7, 11) is 0. The first-order chi connectivity index (χ1) is 12.3. The lowest BCUT2D eigenvalue weighted by atomic mass is 10.2. The number of benzene rings is 1. The lowest BCUT2D eigenvalue weighted by molar-refractivity contribution is 0.101. The molecule has 0 unspecified atom stereocenters. The molecule has 0 aliphatic carbocycles. The molecule has 0 bridgehead atoms. The van der Waals surface area contributed by atoms with E-state index in [1.807, 2.05) is 64.7 Å². The number of nitrogens with zero attached hydrogens (tertiary/aromatic N) is 2. The van der Waals surface area contributed by atoms with E-state index in [0.717, 1.165) is 5.56 Å². The summed E-state index contributed by atoms with van der Waals surface area (Å²) < 4.78 is 7.25. The van der Waals surface area contributed by atoms with E-state index in [-0.39, 0.29) is 5.91 Å². The van der Waals surface area contributed by atoms with Gasteiger partial charge in [-0.15, -0.1) is 11.3 Å². The molecule has 0 atom stereocenters. The number of aromatic nitrogens is 2. The van der Waals surface area contributed by atoms with Crippen molar-refractivity contribution >= 4 is 22.4 Å². The van der Waals surface area contributed by atoms with Crippen LogP contribution in [0, 0.1) is 0 Å². The first-order valence-electron chi connectivity index (χ1n) is 7.79. The van der Waals surface area contributed by atoms with E-state index in [4.69, 9.17) is 4.42 Å². The molecule has 0 saturated heterocycles. The van der Waals surface area contributed by atoms with E-state index in [0.29, 0.717) is 28.8 Å². The van der Waals surface area contributed by atoms with Gasteiger partial charge in [-0.05, 0) is 29.8 Å². The summed E-state index contributed by atoms with van der Waals surface area (Å²) >= 11 is 1.37. The highest BCUT2D eigenvalue weighted by Crippen LogP contribution is 2.25. The fourth-order valence-corrected chi connectivity index (χ4v) is 3.26. The quantitative estimate of drug-likeness (QED) is 0.577. The number of nitrogens with one attached hydrogen (secondary N) is 1. The van der Waals surface area contributed by atoms with Gasteiger partial charge >= 0.3 is 0 Å². The third kappa shape index (κ3) is 3.39. The molecule has 0 aliphatic rings. The molecule has 0 spiro atoms. The summed E-state index contributed by atoms with van der Waals surface area (Å²) in [6, 6.07) is 17.4. The van der Waals surface area contributed by atoms with Crippen molar-refractivity contribution in [1.29, 1.82) is 0 Å². The van der Waals surface area contributed by atoms with Crippen LogP contribution in [0.15, 0.2) is 76.9 Å². The molecular formula is C19H15N3O2S. The summed E-state index contributed by atoms with van der Waals surface area (Å²) in [6.45, 7) is 0.645. The third-order valence-corrected chi connectivity index (χ3v) is 4.51. The number of hydrogen-bond acceptors (Lipinski definition) is 4. The molecule has 0 saturated carbocycles. The maximum Gasteiger partial charge on any atom is 0.274 e. The van der Waals surface area contributed by atoms with Crippen LogP contribution in [0.2, 0.25) is 0 Å². The van der Waals surface area contributed by atoms with Gasteiger partial charge in [0.1, 0.15) is 11.4 Å². The molecule has 1 N–H and O–H groups in total. The molecule has 6 heteroatoms. The first kappa shape index (κ1) is 15.4. The zero-order chi connectivity index (χ0) is 17.1. The smallest absolute Gasteiger partial charge is 0.274 e. The topological polar surface area (TPSA) is 60.1 Å². The minimum atomic E-state index is -0.179. The van der Waals surface area contributed by atoms with Crippen LogP contribution in [-0.2, 0) is 6.54 Å². The van der Waals surface area contributed by atoms with Crippen LogP contribution in [0.4, 0.5) is 5.13 Å². The van der Waals surface area contributed by atoms with Gasteiger partial charge in [0.05, 0.1) is 6.26 Å². The average molecular weight is 349 g/mol. The maximum atomic E-state index is 12.6. The third-order valence-electron chi connectivity index (χ3n) is 3.76. The Hall–Kier alpha value is -3.12. The van der Waals surface area contributed by atoms with Crippen molar-refractivity contribution in [2.75, 3.05) is 5.32 Å². The van der Waals surface area contributed by atoms with Crippen LogP contribution >= 0.6 is 11.3 Å². The largest absolute Gasteiger partial charge is 0.463 e. The van der Waals surface area contributed by atoms with Crippen molar-refractivity contribution in [1.82, 2.24) is 9.55 Å². The number of anilines is 1. The normalized spacial score (nSPS) is 10.7. The second-order valence-electron chi connectivity index (χ2n) is 5.48. The highest BCUT2D eigenvalue weighted by Gasteiger charge is 2.14. The lowest BCUT2D eigenvalue weighted by Gasteiger charge is -2.08. The molecular weight excluding hydrogens is 334 g/mol. The van der Waals surface area contributed by atoms with E-state index in [2.05, 4.69) is 10.3 Å². The first-order valence-corrected chi connectivity index (χ1v) is 8.67. The Kier molecular flexibility index (Phi) is 4.18. The fourth-order valence-electron chi connectivity index (χ4n) is 2.57. The molecule has 3 aromatic heterocycles. The maximum absolute atomic E-state index is 12.6. The highest BCUT2D eigenvalue weighted by molar-refractivity contribution is 7.14. The predicted molar refractivity (Wildman–Crippen MR) is 97.7 cm³/mol. The van der Waals surface area contributed by atoms with Gasteiger partial charge in [-0.25, -0.2) is 4.98 Å². The van der Waals surface area contributed by atoms with Crippen LogP contribution in [0.1, 0.15) is 16.1 Å². The average Bonchev–Trinajstić information content (AvgIpc) is 3.37. The number of hydrogen-bond donors (Lipinski definition) is 1. The monoisotopic (exact) mass is 349 g/mol. The highest BCUT2D eigenvalue weighted by atomic mass is 32.1. The zero-order valence-electron chi connectivity index (χ0n) is 13.3. The van der Waals surface area contributed by atoms with E-state index in [1.54, 1.807) is 12.3 Å². The van der Waals surface area contributed by atoms with Crippen molar-refractivity contribution in [2.24, 2.45) is 0 Å². The van der Waals surface area contributed by atoms with E-state index in [9.17, 15) is 4.79 Å². The van der Waals surface area contributed by atoms with Gasteiger partial charge in [-0.1, -0.05) is 30.3 Å². The van der Waals surface area contributed by atoms with Crippen LogP contribution in [0.5, 0.6) is 0 Å². The summed E-state index contributed by atoms with van der Waals surface area (Å²) in [6.07, 6.45) is 3.50. The van der Waals surface area contributed by atoms with Crippen LogP contribution < -0.4 is 5.32 Å². The van der Waals surface area contributed by atoms with Crippen LogP contribution in [-0.4, -0.2) is 15.5 Å². The van der Waals surface area contributed by atoms with Crippen molar-refractivity contribution in [2.45, 2.75) is 6.54 Å². The summed E-state index contributed by atoms with van der Waals surface area (Å²) in [5.74, 6) is 0.505. The summed E-state index contributed by atoms with van der Waals surface area (Å²) in [4.78, 5) is 17.0. The Morgan fingerprint density at radius 2 is 2.00 bits per heavy atom. The number of amides is 1. The van der Waals surface area contributed by atoms with Crippen molar-refractivity contribution in [3.05, 3.63) is 83.7 Å². The molecule has 4 aromatic rings. The van der Waals surface area contributed by atoms with Gasteiger partial charge < -0.3 is 8.98 Å². The standard InChI is InChI=1S/C19H15N3O2S/c23-18(21-19-20-15(13-25-19)17-9-5-11-24-17)16-8-4-10-22(16)12-14-6-2-1-3-7-14/h1-11,13H,12H2,(H,20,21,23). The Bertz CT molecular complexity index is 971. The minimum absolute atomic E-state index is 0.179. The van der Waals surface area contributed by atoms with E-state index >= 15 is 0 Å². The van der Waals surface area contributed by atoms with E-state index in [1.165, 1.54) is 11.3 Å². The number of furan rings is 1. The van der Waals surface area contributed by atoms with Crippen molar-refractivity contribution in [3.8, 4) is 11.5 Å². The Morgan fingerprint density at radius 3 is 2.80 bits per heavy atom. The van der Waals surface area contributed by atoms with Gasteiger partial charge in [0.2, 0.25) is 0 Å².